The Kier molecular flexibility index (Phi) is 7.26. The van der Waals surface area contributed by atoms with Gasteiger partial charge in [0.1, 0.15) is 6.42 Å². The van der Waals surface area contributed by atoms with Gasteiger partial charge >= 0.3 is 0 Å². The summed E-state index contributed by atoms with van der Waals surface area (Å²) in [6, 6.07) is 5.88. The molecule has 1 saturated heterocycles. The molecule has 1 fully saturated rings. The molecule has 0 aromatic heterocycles. The van der Waals surface area contributed by atoms with Gasteiger partial charge in [-0.1, -0.05) is 24.1 Å². The zero-order chi connectivity index (χ0) is 18.4. The van der Waals surface area contributed by atoms with Crippen LogP contribution in [0.25, 0.3) is 0 Å². The Labute approximate surface area is 155 Å². The molecule has 2 rings (SSSR count). The number of carbonyl (C=O) groups is 2. The van der Waals surface area contributed by atoms with Gasteiger partial charge in [0, 0.05) is 36.9 Å². The standard InChI is InChI=1S/C19H28ClN3O2/c1-14-7-8-16(20)12-17(14)21-18(24)13-19(25)22(3)10-11-23-9-5-4-6-15(23)2/h7-8,12,15H,4-6,9-11,13H2,1-3H3,(H,21,24). The highest BCUT2D eigenvalue weighted by Gasteiger charge is 2.20. The lowest BCUT2D eigenvalue weighted by Crippen LogP contribution is -2.43. The fourth-order valence-corrected chi connectivity index (χ4v) is 3.26. The zero-order valence-electron chi connectivity index (χ0n) is 15.3. The van der Waals surface area contributed by atoms with Crippen molar-refractivity contribution in [3.8, 4) is 0 Å². The molecule has 1 heterocycles. The highest BCUT2D eigenvalue weighted by molar-refractivity contribution is 6.31. The zero-order valence-corrected chi connectivity index (χ0v) is 16.1. The maximum Gasteiger partial charge on any atom is 0.233 e. The van der Waals surface area contributed by atoms with Crippen molar-refractivity contribution in [1.29, 1.82) is 0 Å². The molecular weight excluding hydrogens is 338 g/mol. The first-order valence-corrected chi connectivity index (χ1v) is 9.28. The van der Waals surface area contributed by atoms with Gasteiger partial charge in [0.2, 0.25) is 11.8 Å². The van der Waals surface area contributed by atoms with E-state index >= 15 is 0 Å². The number of piperidine rings is 1. The van der Waals surface area contributed by atoms with Gasteiger partial charge in [0.05, 0.1) is 0 Å². The minimum absolute atomic E-state index is 0.155. The molecule has 1 unspecified atom stereocenters. The number of amides is 2. The van der Waals surface area contributed by atoms with Crippen molar-refractivity contribution < 1.29 is 9.59 Å². The third kappa shape index (κ3) is 6.01. The molecule has 25 heavy (non-hydrogen) atoms. The number of hydrogen-bond donors (Lipinski definition) is 1. The summed E-state index contributed by atoms with van der Waals surface area (Å²) in [5.74, 6) is -0.476. The molecule has 0 aliphatic carbocycles. The molecule has 1 N–H and O–H groups in total. The molecule has 2 amide bonds. The largest absolute Gasteiger partial charge is 0.344 e. The number of carbonyl (C=O) groups excluding carboxylic acids is 2. The van der Waals surface area contributed by atoms with Crippen LogP contribution in [0.2, 0.25) is 5.02 Å². The second-order valence-corrected chi connectivity index (χ2v) is 7.32. The summed E-state index contributed by atoms with van der Waals surface area (Å²) in [5, 5.41) is 3.32. The predicted molar refractivity (Wildman–Crippen MR) is 102 cm³/mol. The highest BCUT2D eigenvalue weighted by atomic mass is 35.5. The van der Waals surface area contributed by atoms with E-state index in [0.717, 1.165) is 18.7 Å². The van der Waals surface area contributed by atoms with E-state index in [1.165, 1.54) is 19.3 Å². The first-order chi connectivity index (χ1) is 11.9. The highest BCUT2D eigenvalue weighted by Crippen LogP contribution is 2.20. The lowest BCUT2D eigenvalue weighted by Gasteiger charge is -2.34. The number of aryl methyl sites for hydroxylation is 1. The van der Waals surface area contributed by atoms with Crippen molar-refractivity contribution in [2.45, 2.75) is 45.6 Å². The molecule has 0 radical (unpaired) electrons. The van der Waals surface area contributed by atoms with Crippen LogP contribution in [-0.2, 0) is 9.59 Å². The van der Waals surface area contributed by atoms with Crippen molar-refractivity contribution in [2.24, 2.45) is 0 Å². The van der Waals surface area contributed by atoms with Crippen LogP contribution < -0.4 is 5.32 Å². The molecule has 6 heteroatoms. The average Bonchev–Trinajstić information content (AvgIpc) is 2.57. The Morgan fingerprint density at radius 2 is 2.12 bits per heavy atom. The van der Waals surface area contributed by atoms with Gasteiger partial charge in [-0.25, -0.2) is 0 Å². The van der Waals surface area contributed by atoms with Gasteiger partial charge in [-0.05, 0) is 50.9 Å². The second-order valence-electron chi connectivity index (χ2n) is 6.88. The van der Waals surface area contributed by atoms with Gasteiger partial charge in [-0.15, -0.1) is 0 Å². The second kappa shape index (κ2) is 9.20. The van der Waals surface area contributed by atoms with Crippen LogP contribution in [0.5, 0.6) is 0 Å². The fraction of sp³-hybridized carbons (Fsp3) is 0.579. The first kappa shape index (κ1) is 19.7. The Hall–Kier alpha value is -1.59. The topological polar surface area (TPSA) is 52.7 Å². The Morgan fingerprint density at radius 1 is 1.36 bits per heavy atom. The number of likely N-dealkylation sites (N-methyl/N-ethyl adjacent to an activating group) is 1. The van der Waals surface area contributed by atoms with Crippen molar-refractivity contribution in [2.75, 3.05) is 32.0 Å². The van der Waals surface area contributed by atoms with Crippen LogP contribution >= 0.6 is 11.6 Å². The van der Waals surface area contributed by atoms with E-state index in [-0.39, 0.29) is 18.2 Å². The molecule has 1 aromatic carbocycles. The number of likely N-dealkylation sites (tertiary alicyclic amines) is 1. The maximum atomic E-state index is 12.3. The Morgan fingerprint density at radius 3 is 2.84 bits per heavy atom. The third-order valence-corrected chi connectivity index (χ3v) is 5.11. The number of nitrogens with zero attached hydrogens (tertiary/aromatic N) is 2. The number of benzene rings is 1. The summed E-state index contributed by atoms with van der Waals surface area (Å²) in [4.78, 5) is 28.5. The summed E-state index contributed by atoms with van der Waals surface area (Å²) in [6.07, 6.45) is 3.58. The first-order valence-electron chi connectivity index (χ1n) is 8.91. The Balaban J connectivity index is 1.79. The molecule has 5 nitrogen and oxygen atoms in total. The van der Waals surface area contributed by atoms with Crippen molar-refractivity contribution in [3.63, 3.8) is 0 Å². The number of nitrogens with one attached hydrogen (secondary N) is 1. The maximum absolute atomic E-state index is 12.3. The summed E-state index contributed by atoms with van der Waals surface area (Å²) in [6.45, 7) is 6.73. The predicted octanol–water partition coefficient (Wildman–Crippen LogP) is 3.31. The lowest BCUT2D eigenvalue weighted by atomic mass is 10.0. The van der Waals surface area contributed by atoms with E-state index in [4.69, 9.17) is 11.6 Å². The van der Waals surface area contributed by atoms with Gasteiger partial charge in [0.15, 0.2) is 0 Å². The van der Waals surface area contributed by atoms with E-state index in [9.17, 15) is 9.59 Å². The van der Waals surface area contributed by atoms with Gasteiger partial charge < -0.3 is 10.2 Å². The van der Waals surface area contributed by atoms with E-state index < -0.39 is 0 Å². The Bertz CT molecular complexity index is 621. The lowest BCUT2D eigenvalue weighted by molar-refractivity contribution is -0.133. The molecular formula is C19H28ClN3O2. The van der Waals surface area contributed by atoms with Crippen LogP contribution in [0.4, 0.5) is 5.69 Å². The summed E-state index contributed by atoms with van der Waals surface area (Å²) >= 11 is 5.95. The van der Waals surface area contributed by atoms with Crippen LogP contribution in [0, 0.1) is 6.92 Å². The number of halogens is 1. The van der Waals surface area contributed by atoms with Gasteiger partial charge in [0.25, 0.3) is 0 Å². The van der Waals surface area contributed by atoms with Crippen LogP contribution in [0.1, 0.15) is 38.2 Å². The smallest absolute Gasteiger partial charge is 0.233 e. The summed E-state index contributed by atoms with van der Waals surface area (Å²) < 4.78 is 0. The van der Waals surface area contributed by atoms with Crippen LogP contribution in [0.15, 0.2) is 18.2 Å². The van der Waals surface area contributed by atoms with Crippen molar-refractivity contribution in [1.82, 2.24) is 9.80 Å². The molecule has 1 atom stereocenters. The SMILES string of the molecule is Cc1ccc(Cl)cc1NC(=O)CC(=O)N(C)CCN1CCCCC1C. The molecule has 1 aromatic rings. The van der Waals surface area contributed by atoms with Gasteiger partial charge in [-0.3, -0.25) is 14.5 Å². The quantitative estimate of drug-likeness (QED) is 0.787. The monoisotopic (exact) mass is 365 g/mol. The third-order valence-electron chi connectivity index (χ3n) is 4.87. The summed E-state index contributed by atoms with van der Waals surface area (Å²) in [7, 11) is 1.76. The molecule has 0 spiro atoms. The van der Waals surface area contributed by atoms with E-state index in [1.54, 1.807) is 24.1 Å². The number of anilines is 1. The molecule has 1 aliphatic heterocycles. The minimum atomic E-state index is -0.312. The average molecular weight is 366 g/mol. The fourth-order valence-electron chi connectivity index (χ4n) is 3.09. The molecule has 0 bridgehead atoms. The van der Waals surface area contributed by atoms with Crippen molar-refractivity contribution in [3.05, 3.63) is 28.8 Å². The number of rotatable bonds is 6. The summed E-state index contributed by atoms with van der Waals surface area (Å²) in [5.41, 5.74) is 1.56. The molecule has 0 saturated carbocycles. The normalized spacial score (nSPS) is 18.0. The van der Waals surface area contributed by atoms with Crippen molar-refractivity contribution >= 4 is 29.1 Å². The minimum Gasteiger partial charge on any atom is -0.344 e. The molecule has 1 aliphatic rings. The van der Waals surface area contributed by atoms with Gasteiger partial charge in [-0.2, -0.15) is 0 Å². The van der Waals surface area contributed by atoms with E-state index in [0.29, 0.717) is 23.3 Å². The van der Waals surface area contributed by atoms with E-state index in [2.05, 4.69) is 17.1 Å². The number of hydrogen-bond acceptors (Lipinski definition) is 3. The molecule has 138 valence electrons. The van der Waals surface area contributed by atoms with Crippen LogP contribution in [0.3, 0.4) is 0 Å². The van der Waals surface area contributed by atoms with Crippen LogP contribution in [-0.4, -0.2) is 54.3 Å². The van der Waals surface area contributed by atoms with E-state index in [1.807, 2.05) is 13.0 Å².